The Labute approximate surface area is 265 Å². The van der Waals surface area contributed by atoms with Gasteiger partial charge in [-0.1, -0.05) is 124 Å². The maximum absolute atomic E-state index is 6.27. The maximum atomic E-state index is 6.27. The standard InChI is InChI=1S/C38H47N3O.ClH/c1-2-3-4-5-6-9-15-30-21-23-31(24-22-30)35-25-26-39-37(35)29-42-27-14-20-34-28-36(32-16-10-7-11-17-32)40-41-38(34)33-18-12-8-13-19-33;/h7-8,10-13,16-19,21-24,28,35,37,39H,2-6,9,14-15,20,25-27,29H2,1H3;1H/t35-,37-;/m1./s1. The number of nitrogens with zero attached hydrogens (tertiary/aromatic N) is 2. The van der Waals surface area contributed by atoms with E-state index in [4.69, 9.17) is 4.74 Å². The van der Waals surface area contributed by atoms with Crippen LogP contribution in [-0.2, 0) is 17.6 Å². The number of hydrogen-bond donors (Lipinski definition) is 1. The number of halogens is 1. The number of nitrogens with one attached hydrogen (secondary N) is 1. The first kappa shape index (κ1) is 32.9. The molecule has 1 aliphatic rings. The van der Waals surface area contributed by atoms with Gasteiger partial charge in [-0.25, -0.2) is 0 Å². The molecule has 0 spiro atoms. The first-order chi connectivity index (χ1) is 20.8. The van der Waals surface area contributed by atoms with Crippen molar-refractivity contribution in [3.63, 3.8) is 0 Å². The highest BCUT2D eigenvalue weighted by Gasteiger charge is 2.28. The highest BCUT2D eigenvalue weighted by atomic mass is 35.5. The van der Waals surface area contributed by atoms with Gasteiger partial charge in [0.1, 0.15) is 0 Å². The normalized spacial score (nSPS) is 16.2. The lowest BCUT2D eigenvalue weighted by atomic mass is 9.91. The molecule has 0 saturated carbocycles. The Morgan fingerprint density at radius 1 is 0.744 bits per heavy atom. The van der Waals surface area contributed by atoms with Crippen molar-refractivity contribution in [1.82, 2.24) is 15.5 Å². The van der Waals surface area contributed by atoms with Crippen LogP contribution in [0.2, 0.25) is 0 Å². The largest absolute Gasteiger partial charge is 0.380 e. The molecule has 1 fully saturated rings. The van der Waals surface area contributed by atoms with Gasteiger partial charge in [-0.3, -0.25) is 0 Å². The number of hydrogen-bond acceptors (Lipinski definition) is 4. The summed E-state index contributed by atoms with van der Waals surface area (Å²) >= 11 is 0. The molecule has 2 atom stereocenters. The van der Waals surface area contributed by atoms with Crippen LogP contribution in [-0.4, -0.2) is 36.0 Å². The summed E-state index contributed by atoms with van der Waals surface area (Å²) in [5.41, 5.74) is 8.23. The van der Waals surface area contributed by atoms with E-state index in [0.29, 0.717) is 12.0 Å². The van der Waals surface area contributed by atoms with Crippen LogP contribution in [0, 0.1) is 0 Å². The fourth-order valence-corrected chi connectivity index (χ4v) is 6.17. The zero-order chi connectivity index (χ0) is 28.8. The van der Waals surface area contributed by atoms with Gasteiger partial charge in [0.25, 0.3) is 0 Å². The molecule has 2 heterocycles. The molecule has 0 radical (unpaired) electrons. The predicted octanol–water partition coefficient (Wildman–Crippen LogP) is 9.23. The number of benzene rings is 3. The van der Waals surface area contributed by atoms with Gasteiger partial charge in [0.05, 0.1) is 18.0 Å². The molecule has 228 valence electrons. The number of rotatable bonds is 16. The SMILES string of the molecule is CCCCCCCCc1ccc([C@H]2CCN[C@@H]2COCCCc2cc(-c3ccccc3)nnc2-c2ccccc2)cc1.Cl. The molecule has 0 bridgehead atoms. The number of aromatic nitrogens is 2. The highest BCUT2D eigenvalue weighted by Crippen LogP contribution is 2.29. The monoisotopic (exact) mass is 597 g/mol. The van der Waals surface area contributed by atoms with Crippen molar-refractivity contribution in [2.45, 2.75) is 83.1 Å². The van der Waals surface area contributed by atoms with Crippen molar-refractivity contribution in [3.05, 3.63) is 108 Å². The summed E-state index contributed by atoms with van der Waals surface area (Å²) in [4.78, 5) is 0. The van der Waals surface area contributed by atoms with Crippen LogP contribution in [0.1, 0.15) is 80.9 Å². The van der Waals surface area contributed by atoms with E-state index in [1.165, 1.54) is 68.1 Å². The minimum absolute atomic E-state index is 0. The molecule has 0 amide bonds. The zero-order valence-electron chi connectivity index (χ0n) is 25.7. The van der Waals surface area contributed by atoms with E-state index in [9.17, 15) is 0 Å². The molecule has 5 rings (SSSR count). The Hall–Kier alpha value is -3.05. The molecule has 0 unspecified atom stereocenters. The fraction of sp³-hybridized carbons (Fsp3) is 0.421. The smallest absolute Gasteiger partial charge is 0.0962 e. The van der Waals surface area contributed by atoms with E-state index in [2.05, 4.69) is 89.2 Å². The van der Waals surface area contributed by atoms with Crippen LogP contribution in [0.4, 0.5) is 0 Å². The summed E-state index contributed by atoms with van der Waals surface area (Å²) in [6.45, 7) is 4.82. The minimum Gasteiger partial charge on any atom is -0.380 e. The van der Waals surface area contributed by atoms with Gasteiger partial charge in [0, 0.05) is 29.7 Å². The third-order valence-corrected chi connectivity index (χ3v) is 8.60. The Morgan fingerprint density at radius 2 is 1.44 bits per heavy atom. The molecule has 1 aliphatic heterocycles. The van der Waals surface area contributed by atoms with Crippen molar-refractivity contribution < 1.29 is 4.74 Å². The first-order valence-corrected chi connectivity index (χ1v) is 16.2. The lowest BCUT2D eigenvalue weighted by Crippen LogP contribution is -2.31. The van der Waals surface area contributed by atoms with Crippen LogP contribution in [0.5, 0.6) is 0 Å². The van der Waals surface area contributed by atoms with E-state index >= 15 is 0 Å². The lowest BCUT2D eigenvalue weighted by Gasteiger charge is -2.20. The van der Waals surface area contributed by atoms with Gasteiger partial charge in [0.2, 0.25) is 0 Å². The van der Waals surface area contributed by atoms with Crippen molar-refractivity contribution in [2.24, 2.45) is 0 Å². The van der Waals surface area contributed by atoms with E-state index in [1.54, 1.807) is 0 Å². The summed E-state index contributed by atoms with van der Waals surface area (Å²) in [6, 6.07) is 32.7. The van der Waals surface area contributed by atoms with Crippen molar-refractivity contribution in [3.8, 4) is 22.5 Å². The zero-order valence-corrected chi connectivity index (χ0v) is 26.5. The van der Waals surface area contributed by atoms with Crippen LogP contribution in [0.15, 0.2) is 91.0 Å². The fourth-order valence-electron chi connectivity index (χ4n) is 6.17. The highest BCUT2D eigenvalue weighted by molar-refractivity contribution is 5.85. The van der Waals surface area contributed by atoms with E-state index < -0.39 is 0 Å². The molecule has 3 aromatic carbocycles. The molecule has 4 nitrogen and oxygen atoms in total. The molecule has 0 aliphatic carbocycles. The van der Waals surface area contributed by atoms with Gasteiger partial charge in [-0.15, -0.1) is 22.6 Å². The molecule has 1 N–H and O–H groups in total. The summed E-state index contributed by atoms with van der Waals surface area (Å²) in [7, 11) is 0. The second-order valence-electron chi connectivity index (χ2n) is 11.7. The molecular formula is C38H48ClN3O. The molecule has 43 heavy (non-hydrogen) atoms. The minimum atomic E-state index is 0. The van der Waals surface area contributed by atoms with Gasteiger partial charge < -0.3 is 10.1 Å². The van der Waals surface area contributed by atoms with Gasteiger partial charge in [0.15, 0.2) is 0 Å². The van der Waals surface area contributed by atoms with Gasteiger partial charge in [-0.05, 0) is 61.4 Å². The summed E-state index contributed by atoms with van der Waals surface area (Å²) in [6.07, 6.45) is 12.4. The quantitative estimate of drug-likeness (QED) is 0.131. The number of ether oxygens (including phenoxy) is 1. The van der Waals surface area contributed by atoms with E-state index in [-0.39, 0.29) is 12.4 Å². The molecule has 1 aromatic heterocycles. The molecule has 4 aromatic rings. The first-order valence-electron chi connectivity index (χ1n) is 16.2. The van der Waals surface area contributed by atoms with Crippen LogP contribution in [0.25, 0.3) is 22.5 Å². The number of aryl methyl sites for hydroxylation is 2. The van der Waals surface area contributed by atoms with Crippen molar-refractivity contribution in [1.29, 1.82) is 0 Å². The Morgan fingerprint density at radius 3 is 2.19 bits per heavy atom. The van der Waals surface area contributed by atoms with Crippen LogP contribution in [0.3, 0.4) is 0 Å². The topological polar surface area (TPSA) is 47.0 Å². The predicted molar refractivity (Wildman–Crippen MR) is 182 cm³/mol. The summed E-state index contributed by atoms with van der Waals surface area (Å²) in [5, 5.41) is 12.9. The molecule has 5 heteroatoms. The van der Waals surface area contributed by atoms with Crippen molar-refractivity contribution in [2.75, 3.05) is 19.8 Å². The van der Waals surface area contributed by atoms with Crippen LogP contribution < -0.4 is 5.32 Å². The second kappa shape index (κ2) is 17.9. The van der Waals surface area contributed by atoms with Gasteiger partial charge >= 0.3 is 0 Å². The average Bonchev–Trinajstić information content (AvgIpc) is 3.52. The maximum Gasteiger partial charge on any atom is 0.0962 e. The molecule has 1 saturated heterocycles. The van der Waals surface area contributed by atoms with Crippen molar-refractivity contribution >= 4 is 12.4 Å². The van der Waals surface area contributed by atoms with Crippen LogP contribution >= 0.6 is 12.4 Å². The Bertz CT molecular complexity index is 1330. The van der Waals surface area contributed by atoms with E-state index in [0.717, 1.165) is 55.1 Å². The average molecular weight is 598 g/mol. The Kier molecular flexibility index (Phi) is 13.7. The van der Waals surface area contributed by atoms with Gasteiger partial charge in [-0.2, -0.15) is 0 Å². The third kappa shape index (κ3) is 9.72. The summed E-state index contributed by atoms with van der Waals surface area (Å²) in [5.74, 6) is 0.524. The second-order valence-corrected chi connectivity index (χ2v) is 11.7. The number of unbranched alkanes of at least 4 members (excludes halogenated alkanes) is 5. The van der Waals surface area contributed by atoms with E-state index in [1.807, 2.05) is 24.3 Å². The molecular weight excluding hydrogens is 550 g/mol. The Balaban J connectivity index is 0.00000423. The third-order valence-electron chi connectivity index (χ3n) is 8.60. The lowest BCUT2D eigenvalue weighted by molar-refractivity contribution is 0.110. The summed E-state index contributed by atoms with van der Waals surface area (Å²) < 4.78 is 6.27.